The lowest BCUT2D eigenvalue weighted by atomic mass is 10.1. The molecule has 20 heavy (non-hydrogen) atoms. The molecule has 1 heterocycles. The number of aromatic nitrogens is 2. The molecule has 0 bridgehead atoms. The summed E-state index contributed by atoms with van der Waals surface area (Å²) in [6.45, 7) is -0.118. The van der Waals surface area contributed by atoms with E-state index in [0.717, 1.165) is 11.8 Å². The van der Waals surface area contributed by atoms with Crippen molar-refractivity contribution >= 4 is 11.8 Å². The average molecular weight is 276 g/mol. The average Bonchev–Trinajstić information content (AvgIpc) is 2.49. The fourth-order valence-corrected chi connectivity index (χ4v) is 1.84. The van der Waals surface area contributed by atoms with Crippen LogP contribution >= 0.6 is 0 Å². The summed E-state index contributed by atoms with van der Waals surface area (Å²) in [5.74, 6) is -0.139. The summed E-state index contributed by atoms with van der Waals surface area (Å²) >= 11 is 0. The maximum absolute atomic E-state index is 13.6. The van der Waals surface area contributed by atoms with Crippen molar-refractivity contribution in [2.24, 2.45) is 0 Å². The molecular formula is C14H17FN4O. The third kappa shape index (κ3) is 3.64. The van der Waals surface area contributed by atoms with E-state index >= 15 is 0 Å². The Kier molecular flexibility index (Phi) is 4.84. The van der Waals surface area contributed by atoms with Gasteiger partial charge in [0, 0.05) is 7.05 Å². The normalized spacial score (nSPS) is 11.9. The monoisotopic (exact) mass is 276 g/mol. The van der Waals surface area contributed by atoms with E-state index in [1.807, 2.05) is 30.3 Å². The zero-order chi connectivity index (χ0) is 14.4. The van der Waals surface area contributed by atoms with Gasteiger partial charge in [-0.25, -0.2) is 9.37 Å². The van der Waals surface area contributed by atoms with Crippen LogP contribution in [-0.2, 0) is 6.42 Å². The van der Waals surface area contributed by atoms with Crippen LogP contribution in [0.5, 0.6) is 0 Å². The minimum absolute atomic E-state index is 0.0827. The van der Waals surface area contributed by atoms with Gasteiger partial charge in [0.15, 0.2) is 11.6 Å². The van der Waals surface area contributed by atoms with Crippen molar-refractivity contribution in [2.75, 3.05) is 24.3 Å². The van der Waals surface area contributed by atoms with Crippen molar-refractivity contribution in [3.8, 4) is 0 Å². The Morgan fingerprint density at radius 2 is 2.05 bits per heavy atom. The molecule has 0 fully saturated rings. The highest BCUT2D eigenvalue weighted by atomic mass is 19.1. The Hall–Kier alpha value is -2.21. The highest BCUT2D eigenvalue weighted by molar-refractivity contribution is 5.42. The Morgan fingerprint density at radius 1 is 1.30 bits per heavy atom. The molecule has 2 rings (SSSR count). The predicted octanol–water partition coefficient (Wildman–Crippen LogP) is 1.67. The van der Waals surface area contributed by atoms with Gasteiger partial charge in [-0.2, -0.15) is 4.98 Å². The lowest BCUT2D eigenvalue weighted by Crippen LogP contribution is -2.27. The predicted molar refractivity (Wildman–Crippen MR) is 76.2 cm³/mol. The van der Waals surface area contributed by atoms with Crippen molar-refractivity contribution in [1.29, 1.82) is 0 Å². The molecule has 1 aromatic carbocycles. The Balaban J connectivity index is 2.10. The maximum atomic E-state index is 13.6. The molecular weight excluding hydrogens is 259 g/mol. The molecule has 0 saturated heterocycles. The number of hydrogen-bond acceptors (Lipinski definition) is 5. The first kappa shape index (κ1) is 14.2. The van der Waals surface area contributed by atoms with Crippen LogP contribution in [0.15, 0.2) is 36.5 Å². The minimum Gasteiger partial charge on any atom is -0.394 e. The highest BCUT2D eigenvalue weighted by Gasteiger charge is 2.13. The van der Waals surface area contributed by atoms with Crippen LogP contribution in [0.1, 0.15) is 5.56 Å². The van der Waals surface area contributed by atoms with E-state index in [-0.39, 0.29) is 18.5 Å². The first-order chi connectivity index (χ1) is 9.72. The summed E-state index contributed by atoms with van der Waals surface area (Å²) in [6, 6.07) is 9.38. The van der Waals surface area contributed by atoms with Gasteiger partial charge in [0.2, 0.25) is 5.95 Å². The number of nitrogens with one attached hydrogen (secondary N) is 2. The third-order valence-electron chi connectivity index (χ3n) is 2.85. The molecule has 0 amide bonds. The van der Waals surface area contributed by atoms with Crippen LogP contribution < -0.4 is 10.6 Å². The first-order valence-corrected chi connectivity index (χ1v) is 6.34. The van der Waals surface area contributed by atoms with Gasteiger partial charge in [-0.05, 0) is 12.0 Å². The van der Waals surface area contributed by atoms with Crippen LogP contribution in [0.25, 0.3) is 0 Å². The van der Waals surface area contributed by atoms with Gasteiger partial charge in [-0.15, -0.1) is 0 Å². The van der Waals surface area contributed by atoms with E-state index in [1.165, 1.54) is 0 Å². The molecule has 6 heteroatoms. The Labute approximate surface area is 116 Å². The molecule has 1 unspecified atom stereocenters. The van der Waals surface area contributed by atoms with Gasteiger partial charge in [0.25, 0.3) is 0 Å². The summed E-state index contributed by atoms with van der Waals surface area (Å²) in [7, 11) is 1.66. The second-order valence-corrected chi connectivity index (χ2v) is 4.35. The number of benzene rings is 1. The van der Waals surface area contributed by atoms with E-state index in [9.17, 15) is 9.50 Å². The quantitative estimate of drug-likeness (QED) is 0.749. The van der Waals surface area contributed by atoms with Crippen molar-refractivity contribution in [1.82, 2.24) is 9.97 Å². The zero-order valence-corrected chi connectivity index (χ0v) is 11.2. The third-order valence-corrected chi connectivity index (χ3v) is 2.85. The fraction of sp³-hybridized carbons (Fsp3) is 0.286. The number of rotatable bonds is 6. The van der Waals surface area contributed by atoms with Gasteiger partial charge in [0.05, 0.1) is 18.8 Å². The first-order valence-electron chi connectivity index (χ1n) is 6.34. The minimum atomic E-state index is -0.546. The van der Waals surface area contributed by atoms with E-state index in [2.05, 4.69) is 20.6 Å². The number of aliphatic hydroxyl groups excluding tert-OH is 1. The Bertz CT molecular complexity index is 550. The van der Waals surface area contributed by atoms with Crippen LogP contribution in [0.2, 0.25) is 0 Å². The second kappa shape index (κ2) is 6.81. The van der Waals surface area contributed by atoms with Gasteiger partial charge in [-0.3, -0.25) is 0 Å². The van der Waals surface area contributed by atoms with E-state index in [4.69, 9.17) is 0 Å². The van der Waals surface area contributed by atoms with Crippen LogP contribution in [0, 0.1) is 5.82 Å². The molecule has 0 aliphatic heterocycles. The molecule has 3 N–H and O–H groups in total. The molecule has 0 saturated carbocycles. The molecule has 2 aromatic rings. The molecule has 0 aliphatic carbocycles. The lowest BCUT2D eigenvalue weighted by Gasteiger charge is -2.17. The Morgan fingerprint density at radius 3 is 2.70 bits per heavy atom. The summed E-state index contributed by atoms with van der Waals surface area (Å²) in [5, 5.41) is 15.1. The standard InChI is InChI=1S/C14H17FN4O/c1-16-14-17-8-12(15)13(19-14)18-11(9-20)7-10-5-3-2-4-6-10/h2-6,8,11,20H,7,9H2,1H3,(H2,16,17,18,19). The van der Waals surface area contributed by atoms with Crippen LogP contribution in [0.4, 0.5) is 16.2 Å². The molecule has 1 aromatic heterocycles. The van der Waals surface area contributed by atoms with Crippen molar-refractivity contribution in [3.63, 3.8) is 0 Å². The van der Waals surface area contributed by atoms with Gasteiger partial charge in [-0.1, -0.05) is 30.3 Å². The topological polar surface area (TPSA) is 70.1 Å². The number of halogens is 1. The number of nitrogens with zero attached hydrogens (tertiary/aromatic N) is 2. The molecule has 1 atom stereocenters. The number of aliphatic hydroxyl groups is 1. The summed E-state index contributed by atoms with van der Waals surface area (Å²) in [4.78, 5) is 7.78. The summed E-state index contributed by atoms with van der Waals surface area (Å²) in [5.41, 5.74) is 1.06. The second-order valence-electron chi connectivity index (χ2n) is 4.35. The van der Waals surface area contributed by atoms with E-state index < -0.39 is 5.82 Å². The highest BCUT2D eigenvalue weighted by Crippen LogP contribution is 2.14. The smallest absolute Gasteiger partial charge is 0.224 e. The van der Waals surface area contributed by atoms with E-state index in [1.54, 1.807) is 7.05 Å². The molecule has 0 spiro atoms. The van der Waals surface area contributed by atoms with Crippen molar-refractivity contribution in [3.05, 3.63) is 47.9 Å². The zero-order valence-electron chi connectivity index (χ0n) is 11.2. The molecule has 5 nitrogen and oxygen atoms in total. The number of hydrogen-bond donors (Lipinski definition) is 3. The molecule has 0 radical (unpaired) electrons. The van der Waals surface area contributed by atoms with Crippen molar-refractivity contribution < 1.29 is 9.50 Å². The van der Waals surface area contributed by atoms with Gasteiger partial charge >= 0.3 is 0 Å². The van der Waals surface area contributed by atoms with Crippen molar-refractivity contribution in [2.45, 2.75) is 12.5 Å². The number of anilines is 2. The van der Waals surface area contributed by atoms with Crippen LogP contribution in [0.3, 0.4) is 0 Å². The molecule has 106 valence electrons. The van der Waals surface area contributed by atoms with Gasteiger partial charge < -0.3 is 15.7 Å². The SMILES string of the molecule is CNc1ncc(F)c(NC(CO)Cc2ccccc2)n1. The summed E-state index contributed by atoms with van der Waals surface area (Å²) in [6.07, 6.45) is 1.67. The molecule has 0 aliphatic rings. The maximum Gasteiger partial charge on any atom is 0.224 e. The fourth-order valence-electron chi connectivity index (χ4n) is 1.84. The summed E-state index contributed by atoms with van der Waals surface area (Å²) < 4.78 is 13.6. The largest absolute Gasteiger partial charge is 0.394 e. The van der Waals surface area contributed by atoms with Gasteiger partial charge in [0.1, 0.15) is 0 Å². The van der Waals surface area contributed by atoms with Crippen LogP contribution in [-0.4, -0.2) is 34.8 Å². The van der Waals surface area contributed by atoms with E-state index in [0.29, 0.717) is 12.4 Å². The lowest BCUT2D eigenvalue weighted by molar-refractivity contribution is 0.273.